The van der Waals surface area contributed by atoms with Gasteiger partial charge in [-0.25, -0.2) is 0 Å². The van der Waals surface area contributed by atoms with E-state index in [2.05, 4.69) is 4.74 Å². The third-order valence-corrected chi connectivity index (χ3v) is 3.69. The summed E-state index contributed by atoms with van der Waals surface area (Å²) < 4.78 is 83.8. The van der Waals surface area contributed by atoms with Gasteiger partial charge in [-0.3, -0.25) is 9.59 Å². The van der Waals surface area contributed by atoms with Gasteiger partial charge in [0.15, 0.2) is 0 Å². The normalized spacial score (nSPS) is 18.7. The Hall–Kier alpha value is -1.28. The molecule has 0 amide bonds. The molecule has 3 nitrogen and oxygen atoms in total. The molecule has 1 saturated carbocycles. The molecule has 0 aromatic heterocycles. The van der Waals surface area contributed by atoms with E-state index >= 15 is 0 Å². The Labute approximate surface area is 123 Å². The highest BCUT2D eigenvalue weighted by Gasteiger charge is 2.77. The Bertz CT molecular complexity index is 414. The van der Waals surface area contributed by atoms with Crippen LogP contribution in [-0.4, -0.2) is 29.7 Å². The molecule has 1 rings (SSSR count). The van der Waals surface area contributed by atoms with Crippen LogP contribution in [0.4, 0.5) is 26.3 Å². The molecule has 0 aromatic carbocycles. The first-order valence-electron chi connectivity index (χ1n) is 6.71. The van der Waals surface area contributed by atoms with Crippen molar-refractivity contribution >= 4 is 11.8 Å². The van der Waals surface area contributed by atoms with Crippen molar-refractivity contribution in [1.29, 1.82) is 0 Å². The summed E-state index contributed by atoms with van der Waals surface area (Å²) >= 11 is 0. The summed E-state index contributed by atoms with van der Waals surface area (Å²) in [6.07, 6.45) is -13.7. The van der Waals surface area contributed by atoms with Crippen LogP contribution in [0.2, 0.25) is 0 Å². The Morgan fingerprint density at radius 1 is 1.05 bits per heavy atom. The van der Waals surface area contributed by atoms with Crippen LogP contribution in [0.3, 0.4) is 0 Å². The van der Waals surface area contributed by atoms with E-state index in [1.165, 1.54) is 0 Å². The highest BCUT2D eigenvalue weighted by Crippen LogP contribution is 2.54. The molecule has 1 fully saturated rings. The van der Waals surface area contributed by atoms with Crippen molar-refractivity contribution in [3.8, 4) is 0 Å². The third kappa shape index (κ3) is 3.38. The van der Waals surface area contributed by atoms with Crippen molar-refractivity contribution in [3.05, 3.63) is 0 Å². The monoisotopic (exact) mass is 334 g/mol. The summed E-state index contributed by atoms with van der Waals surface area (Å²) in [6, 6.07) is 0. The number of alkyl halides is 6. The highest BCUT2D eigenvalue weighted by atomic mass is 19.4. The highest BCUT2D eigenvalue weighted by molar-refractivity contribution is 5.79. The zero-order chi connectivity index (χ0) is 17.3. The minimum absolute atomic E-state index is 0.391. The zero-order valence-electron chi connectivity index (χ0n) is 12.0. The predicted molar refractivity (Wildman–Crippen MR) is 62.7 cm³/mol. The lowest BCUT2D eigenvalue weighted by molar-refractivity contribution is -0.388. The molecule has 0 aromatic rings. The number of carbonyl (C=O) groups excluding carboxylic acids is 2. The van der Waals surface area contributed by atoms with Gasteiger partial charge in [-0.15, -0.1) is 0 Å². The maximum atomic E-state index is 13.3. The van der Waals surface area contributed by atoms with Gasteiger partial charge >= 0.3 is 23.9 Å². The molecule has 0 radical (unpaired) electrons. The van der Waals surface area contributed by atoms with Gasteiger partial charge in [-0.05, 0) is 12.8 Å². The van der Waals surface area contributed by atoms with Gasteiger partial charge in [-0.2, -0.15) is 26.3 Å². The van der Waals surface area contributed by atoms with E-state index in [4.69, 9.17) is 0 Å². The van der Waals surface area contributed by atoms with Gasteiger partial charge in [0.25, 0.3) is 0 Å². The summed E-state index contributed by atoms with van der Waals surface area (Å²) in [5, 5.41) is 0. The van der Waals surface area contributed by atoms with E-state index in [1.807, 2.05) is 0 Å². The van der Waals surface area contributed by atoms with Gasteiger partial charge in [0, 0.05) is 18.8 Å². The van der Waals surface area contributed by atoms with E-state index in [-0.39, 0.29) is 0 Å². The average molecular weight is 334 g/mol. The average Bonchev–Trinajstić information content (AvgIpc) is 2.33. The maximum absolute atomic E-state index is 13.3. The van der Waals surface area contributed by atoms with Crippen molar-refractivity contribution in [2.75, 3.05) is 0 Å². The van der Waals surface area contributed by atoms with E-state index in [0.29, 0.717) is 0 Å². The van der Waals surface area contributed by atoms with E-state index in [9.17, 15) is 35.9 Å². The van der Waals surface area contributed by atoms with Crippen molar-refractivity contribution in [2.45, 2.75) is 57.5 Å². The summed E-state index contributed by atoms with van der Waals surface area (Å²) in [5.74, 6) is -5.14. The molecule has 9 heteroatoms. The zero-order valence-corrected chi connectivity index (χ0v) is 12.0. The molecule has 0 spiro atoms. The second kappa shape index (κ2) is 6.08. The number of hydrogen-bond donors (Lipinski definition) is 0. The minimum Gasteiger partial charge on any atom is -0.439 e. The standard InChI is InChI=1S/C13H16F6O3/c1-7(2)10(21)22-11(12(14,15)16,13(17,18)19)8-3-5-9(20)6-4-8/h7-8H,3-6H2,1-2H3. The fraction of sp³-hybridized carbons (Fsp3) is 0.846. The summed E-state index contributed by atoms with van der Waals surface area (Å²) in [5.41, 5.74) is -4.57. The smallest absolute Gasteiger partial charge is 0.437 e. The lowest BCUT2D eigenvalue weighted by Crippen LogP contribution is -2.65. The first-order chi connectivity index (χ1) is 9.83. The van der Waals surface area contributed by atoms with Crippen molar-refractivity contribution in [2.24, 2.45) is 11.8 Å². The molecular weight excluding hydrogens is 318 g/mol. The topological polar surface area (TPSA) is 43.4 Å². The summed E-state index contributed by atoms with van der Waals surface area (Å²) in [6.45, 7) is 2.29. The van der Waals surface area contributed by atoms with Crippen molar-refractivity contribution < 1.29 is 40.7 Å². The number of Topliss-reactive ketones (excluding diaryl/α,β-unsaturated/α-hetero) is 1. The van der Waals surface area contributed by atoms with Gasteiger partial charge in [0.1, 0.15) is 5.78 Å². The van der Waals surface area contributed by atoms with Crippen LogP contribution in [0.1, 0.15) is 39.5 Å². The Balaban J connectivity index is 3.33. The SMILES string of the molecule is CC(C)C(=O)OC(C1CCC(=O)CC1)(C(F)(F)F)C(F)(F)F. The van der Waals surface area contributed by atoms with Crippen LogP contribution in [0.15, 0.2) is 0 Å². The number of hydrogen-bond acceptors (Lipinski definition) is 3. The first-order valence-corrected chi connectivity index (χ1v) is 6.71. The second-order valence-electron chi connectivity index (χ2n) is 5.62. The molecule has 1 aliphatic rings. The van der Waals surface area contributed by atoms with Crippen LogP contribution in [0.5, 0.6) is 0 Å². The number of ether oxygens (including phenoxy) is 1. The van der Waals surface area contributed by atoms with Crippen molar-refractivity contribution in [3.63, 3.8) is 0 Å². The quantitative estimate of drug-likeness (QED) is 0.582. The lowest BCUT2D eigenvalue weighted by Gasteiger charge is -2.43. The van der Waals surface area contributed by atoms with Gasteiger partial charge < -0.3 is 4.74 Å². The number of ketones is 1. The Kier molecular flexibility index (Phi) is 5.18. The number of halogens is 6. The summed E-state index contributed by atoms with van der Waals surface area (Å²) in [7, 11) is 0. The molecule has 0 saturated heterocycles. The molecule has 22 heavy (non-hydrogen) atoms. The molecule has 0 unspecified atom stereocenters. The molecular formula is C13H16F6O3. The maximum Gasteiger partial charge on any atom is 0.437 e. The number of rotatable bonds is 3. The number of carbonyl (C=O) groups is 2. The van der Waals surface area contributed by atoms with Gasteiger partial charge in [0.05, 0.1) is 5.92 Å². The molecule has 128 valence electrons. The largest absolute Gasteiger partial charge is 0.439 e. The Morgan fingerprint density at radius 2 is 1.45 bits per heavy atom. The number of esters is 1. The fourth-order valence-corrected chi connectivity index (χ4v) is 2.45. The second-order valence-corrected chi connectivity index (χ2v) is 5.62. The molecule has 0 bridgehead atoms. The lowest BCUT2D eigenvalue weighted by atomic mass is 9.75. The van der Waals surface area contributed by atoms with Crippen molar-refractivity contribution in [1.82, 2.24) is 0 Å². The van der Waals surface area contributed by atoms with E-state index in [1.54, 1.807) is 0 Å². The molecule has 0 aliphatic heterocycles. The molecule has 0 atom stereocenters. The van der Waals surface area contributed by atoms with E-state index < -0.39 is 67.2 Å². The van der Waals surface area contributed by atoms with Crippen LogP contribution in [-0.2, 0) is 14.3 Å². The fourth-order valence-electron chi connectivity index (χ4n) is 2.45. The first kappa shape index (κ1) is 18.8. The van der Waals surface area contributed by atoms with Crippen LogP contribution >= 0.6 is 0 Å². The van der Waals surface area contributed by atoms with Crippen LogP contribution in [0, 0.1) is 11.8 Å². The van der Waals surface area contributed by atoms with Crippen LogP contribution in [0.25, 0.3) is 0 Å². The van der Waals surface area contributed by atoms with Gasteiger partial charge in [-0.1, -0.05) is 13.8 Å². The van der Waals surface area contributed by atoms with Crippen LogP contribution < -0.4 is 0 Å². The molecule has 0 N–H and O–H groups in total. The van der Waals surface area contributed by atoms with Gasteiger partial charge in [0.2, 0.25) is 0 Å². The molecule has 1 aliphatic carbocycles. The van der Waals surface area contributed by atoms with E-state index in [0.717, 1.165) is 13.8 Å². The third-order valence-electron chi connectivity index (χ3n) is 3.69. The predicted octanol–water partition coefficient (Wildman–Crippen LogP) is 3.81. The Morgan fingerprint density at radius 3 is 1.77 bits per heavy atom. The molecule has 0 heterocycles. The minimum atomic E-state index is -5.82. The summed E-state index contributed by atoms with van der Waals surface area (Å²) in [4.78, 5) is 22.6.